The highest BCUT2D eigenvalue weighted by Crippen LogP contribution is 2.18. The first-order valence-electron chi connectivity index (χ1n) is 11.5. The van der Waals surface area contributed by atoms with Gasteiger partial charge in [0.05, 0.1) is 6.54 Å². The maximum Gasteiger partial charge on any atom is 0.322 e. The van der Waals surface area contributed by atoms with Crippen molar-refractivity contribution in [2.75, 3.05) is 18.4 Å². The van der Waals surface area contributed by atoms with Crippen molar-refractivity contribution >= 4 is 29.0 Å². The van der Waals surface area contributed by atoms with E-state index in [0.717, 1.165) is 22.5 Å². The van der Waals surface area contributed by atoms with E-state index in [1.807, 2.05) is 83.9 Å². The molecule has 1 N–H and O–H groups in total. The summed E-state index contributed by atoms with van der Waals surface area (Å²) in [6.07, 6.45) is 0.774. The van der Waals surface area contributed by atoms with Gasteiger partial charge in [0, 0.05) is 23.7 Å². The molecule has 0 aliphatic carbocycles. The topological polar surface area (TPSA) is 52.7 Å². The van der Waals surface area contributed by atoms with Crippen LogP contribution < -0.4 is 5.32 Å². The molecule has 5 nitrogen and oxygen atoms in total. The van der Waals surface area contributed by atoms with E-state index in [4.69, 9.17) is 0 Å². The number of urea groups is 1. The second kappa shape index (κ2) is 12.2. The van der Waals surface area contributed by atoms with Crippen LogP contribution in [0.25, 0.3) is 0 Å². The third-order valence-corrected chi connectivity index (χ3v) is 6.29. The highest BCUT2D eigenvalue weighted by molar-refractivity contribution is 7.09. The summed E-state index contributed by atoms with van der Waals surface area (Å²) in [6, 6.07) is 21.6. The lowest BCUT2D eigenvalue weighted by Crippen LogP contribution is -2.44. The molecule has 0 radical (unpaired) electrons. The zero-order valence-corrected chi connectivity index (χ0v) is 20.5. The van der Waals surface area contributed by atoms with Gasteiger partial charge < -0.3 is 15.1 Å². The lowest BCUT2D eigenvalue weighted by Gasteiger charge is -2.27. The van der Waals surface area contributed by atoms with E-state index in [2.05, 4.69) is 19.2 Å². The quantitative estimate of drug-likeness (QED) is 0.381. The monoisotopic (exact) mass is 463 g/mol. The van der Waals surface area contributed by atoms with Gasteiger partial charge >= 0.3 is 6.03 Å². The molecule has 2 aromatic carbocycles. The summed E-state index contributed by atoms with van der Waals surface area (Å²) in [5, 5.41) is 4.97. The van der Waals surface area contributed by atoms with Crippen LogP contribution in [0, 0.1) is 0 Å². The summed E-state index contributed by atoms with van der Waals surface area (Å²) in [6.45, 7) is 7.88. The van der Waals surface area contributed by atoms with Crippen LogP contribution in [-0.4, -0.2) is 34.8 Å². The van der Waals surface area contributed by atoms with Crippen LogP contribution in [0.5, 0.6) is 0 Å². The number of rotatable bonds is 10. The predicted octanol–water partition coefficient (Wildman–Crippen LogP) is 6.34. The van der Waals surface area contributed by atoms with Gasteiger partial charge in [0.25, 0.3) is 0 Å². The molecule has 0 saturated heterocycles. The fraction of sp³-hybridized carbons (Fsp3) is 0.333. The minimum atomic E-state index is -0.252. The number of amides is 3. The first kappa shape index (κ1) is 24.5. The zero-order valence-electron chi connectivity index (χ0n) is 19.7. The Bertz CT molecular complexity index is 1000. The number of thiophene rings is 1. The molecule has 1 aromatic heterocycles. The molecular weight excluding hydrogens is 430 g/mol. The van der Waals surface area contributed by atoms with Crippen LogP contribution in [0.4, 0.5) is 10.5 Å². The van der Waals surface area contributed by atoms with Gasteiger partial charge in [-0.1, -0.05) is 69.3 Å². The molecule has 0 bridgehead atoms. The van der Waals surface area contributed by atoms with Gasteiger partial charge in [0.1, 0.15) is 6.54 Å². The van der Waals surface area contributed by atoms with Gasteiger partial charge in [-0.2, -0.15) is 0 Å². The highest BCUT2D eigenvalue weighted by atomic mass is 32.1. The van der Waals surface area contributed by atoms with Crippen molar-refractivity contribution in [2.24, 2.45) is 0 Å². The molecule has 0 atom stereocenters. The first-order valence-corrected chi connectivity index (χ1v) is 12.3. The summed E-state index contributed by atoms with van der Waals surface area (Å²) in [5.74, 6) is 0.369. The standard InChI is InChI=1S/C27H33N3O2S/c1-4-16-29(27(32)28-24-14-12-23(13-15-24)21(2)3)20-26(31)30(19-25-11-8-17-33-25)18-22-9-6-5-7-10-22/h5-15,17,21H,4,16,18-20H2,1-3H3,(H,28,32). The van der Waals surface area contributed by atoms with Crippen LogP contribution in [0.3, 0.4) is 0 Å². The van der Waals surface area contributed by atoms with E-state index in [1.54, 1.807) is 16.2 Å². The smallest absolute Gasteiger partial charge is 0.322 e. The van der Waals surface area contributed by atoms with Crippen molar-refractivity contribution < 1.29 is 9.59 Å². The summed E-state index contributed by atoms with van der Waals surface area (Å²) in [4.78, 5) is 30.9. The Kier molecular flexibility index (Phi) is 9.07. The number of nitrogens with one attached hydrogen (secondary N) is 1. The molecule has 0 unspecified atom stereocenters. The molecule has 33 heavy (non-hydrogen) atoms. The lowest BCUT2D eigenvalue weighted by atomic mass is 10.0. The van der Waals surface area contributed by atoms with Crippen molar-refractivity contribution in [2.45, 2.75) is 46.2 Å². The Morgan fingerprint density at radius 1 is 0.909 bits per heavy atom. The van der Waals surface area contributed by atoms with Gasteiger partial charge in [-0.25, -0.2) is 4.79 Å². The highest BCUT2D eigenvalue weighted by Gasteiger charge is 2.22. The maximum atomic E-state index is 13.3. The molecule has 174 valence electrons. The molecule has 0 aliphatic heterocycles. The van der Waals surface area contributed by atoms with Crippen LogP contribution in [0.15, 0.2) is 72.1 Å². The molecule has 3 aromatic rings. The third-order valence-electron chi connectivity index (χ3n) is 5.43. The van der Waals surface area contributed by atoms with Crippen LogP contribution in [0.2, 0.25) is 0 Å². The fourth-order valence-corrected chi connectivity index (χ4v) is 4.29. The van der Waals surface area contributed by atoms with E-state index in [0.29, 0.717) is 25.6 Å². The number of benzene rings is 2. The Hall–Kier alpha value is -3.12. The molecule has 1 heterocycles. The van der Waals surface area contributed by atoms with Crippen molar-refractivity contribution in [1.82, 2.24) is 9.80 Å². The summed E-state index contributed by atoms with van der Waals surface area (Å²) < 4.78 is 0. The SMILES string of the molecule is CCCN(CC(=O)N(Cc1ccccc1)Cc1cccs1)C(=O)Nc1ccc(C(C)C)cc1. The minimum absolute atomic E-state index is 0.0436. The lowest BCUT2D eigenvalue weighted by molar-refractivity contribution is -0.133. The normalized spacial score (nSPS) is 10.8. The second-order valence-electron chi connectivity index (χ2n) is 8.44. The Labute approximate surface area is 201 Å². The number of hydrogen-bond donors (Lipinski definition) is 1. The Morgan fingerprint density at radius 2 is 1.64 bits per heavy atom. The minimum Gasteiger partial charge on any atom is -0.332 e. The number of carbonyl (C=O) groups excluding carboxylic acids is 2. The van der Waals surface area contributed by atoms with Crippen molar-refractivity contribution in [3.05, 3.63) is 88.1 Å². The number of anilines is 1. The molecule has 3 amide bonds. The predicted molar refractivity (Wildman–Crippen MR) is 136 cm³/mol. The van der Waals surface area contributed by atoms with E-state index in [-0.39, 0.29) is 18.5 Å². The van der Waals surface area contributed by atoms with Crippen LogP contribution in [0.1, 0.15) is 49.1 Å². The molecule has 6 heteroatoms. The number of hydrogen-bond acceptors (Lipinski definition) is 3. The van der Waals surface area contributed by atoms with Crippen LogP contribution in [-0.2, 0) is 17.9 Å². The summed E-state index contributed by atoms with van der Waals surface area (Å²) in [5.41, 5.74) is 3.02. The van der Waals surface area contributed by atoms with Crippen LogP contribution >= 0.6 is 11.3 Å². The second-order valence-corrected chi connectivity index (χ2v) is 9.48. The van der Waals surface area contributed by atoms with E-state index in [1.165, 1.54) is 5.56 Å². The molecule has 0 spiro atoms. The number of nitrogens with zero attached hydrogens (tertiary/aromatic N) is 2. The van der Waals surface area contributed by atoms with Crippen molar-refractivity contribution in [3.8, 4) is 0 Å². The average Bonchev–Trinajstić information content (AvgIpc) is 3.32. The van der Waals surface area contributed by atoms with Gasteiger partial charge in [0.2, 0.25) is 5.91 Å². The van der Waals surface area contributed by atoms with Gasteiger partial charge in [-0.05, 0) is 47.0 Å². The fourth-order valence-electron chi connectivity index (χ4n) is 3.57. The molecule has 0 saturated carbocycles. The van der Waals surface area contributed by atoms with Crippen molar-refractivity contribution in [1.29, 1.82) is 0 Å². The van der Waals surface area contributed by atoms with Gasteiger partial charge in [-0.15, -0.1) is 11.3 Å². The molecule has 0 fully saturated rings. The van der Waals surface area contributed by atoms with Crippen molar-refractivity contribution in [3.63, 3.8) is 0 Å². The molecule has 0 aliphatic rings. The van der Waals surface area contributed by atoms with Gasteiger partial charge in [0.15, 0.2) is 0 Å². The maximum absolute atomic E-state index is 13.3. The molecule has 3 rings (SSSR count). The zero-order chi connectivity index (χ0) is 23.6. The first-order chi connectivity index (χ1) is 16.0. The largest absolute Gasteiger partial charge is 0.332 e. The van der Waals surface area contributed by atoms with E-state index < -0.39 is 0 Å². The van der Waals surface area contributed by atoms with E-state index in [9.17, 15) is 9.59 Å². The Morgan fingerprint density at radius 3 is 2.24 bits per heavy atom. The van der Waals surface area contributed by atoms with E-state index >= 15 is 0 Å². The number of carbonyl (C=O) groups is 2. The summed E-state index contributed by atoms with van der Waals surface area (Å²) in [7, 11) is 0. The van der Waals surface area contributed by atoms with Gasteiger partial charge in [-0.3, -0.25) is 4.79 Å². The third kappa shape index (κ3) is 7.46. The Balaban J connectivity index is 1.70. The summed E-state index contributed by atoms with van der Waals surface area (Å²) >= 11 is 1.63. The average molecular weight is 464 g/mol. The molecular formula is C27H33N3O2S.